The van der Waals surface area contributed by atoms with Crippen LogP contribution in [-0.2, 0) is 5.75 Å². The van der Waals surface area contributed by atoms with Crippen LogP contribution < -0.4 is 10.1 Å². The van der Waals surface area contributed by atoms with E-state index in [-0.39, 0.29) is 0 Å². The van der Waals surface area contributed by atoms with Crippen molar-refractivity contribution in [2.75, 3.05) is 26.5 Å². The lowest BCUT2D eigenvalue weighted by atomic mass is 10.2. The summed E-state index contributed by atoms with van der Waals surface area (Å²) in [6.07, 6.45) is 2.05. The van der Waals surface area contributed by atoms with Crippen LogP contribution in [0.5, 0.6) is 5.75 Å². The molecule has 1 aliphatic heterocycles. The number of nitrogens with one attached hydrogen (secondary N) is 1. The maximum atomic E-state index is 5.15. The average molecular weight is 282 g/mol. The summed E-state index contributed by atoms with van der Waals surface area (Å²) in [5, 5.41) is 4.98. The summed E-state index contributed by atoms with van der Waals surface area (Å²) in [6, 6.07) is 8.27. The van der Waals surface area contributed by atoms with Crippen molar-refractivity contribution in [3.8, 4) is 5.75 Å². The molecule has 1 unspecified atom stereocenters. The van der Waals surface area contributed by atoms with Crippen LogP contribution in [0.3, 0.4) is 0 Å². The van der Waals surface area contributed by atoms with Crippen LogP contribution >= 0.6 is 23.5 Å². The molecule has 1 aromatic carbocycles. The number of thioether (sulfide) groups is 2. The Morgan fingerprint density at radius 2 is 2.17 bits per heavy atom. The molecule has 0 radical (unpaired) electrons. The first kappa shape index (κ1) is 13.6. The van der Waals surface area contributed by atoms with E-state index >= 15 is 0 Å². The zero-order chi connectivity index (χ0) is 12.8. The monoisotopic (exact) mass is 282 g/mol. The topological polar surface area (TPSA) is 33.6 Å². The zero-order valence-corrected chi connectivity index (χ0v) is 12.3. The van der Waals surface area contributed by atoms with Crippen LogP contribution in [-0.4, -0.2) is 36.9 Å². The van der Waals surface area contributed by atoms with Crippen LogP contribution in [0.15, 0.2) is 29.3 Å². The van der Waals surface area contributed by atoms with Crippen molar-refractivity contribution < 1.29 is 4.74 Å². The minimum absolute atomic E-state index is 0.572. The molecule has 5 heteroatoms. The highest BCUT2D eigenvalue weighted by Gasteiger charge is 2.14. The largest absolute Gasteiger partial charge is 0.497 e. The fourth-order valence-electron chi connectivity index (χ4n) is 1.69. The summed E-state index contributed by atoms with van der Waals surface area (Å²) in [4.78, 5) is 4.50. The lowest BCUT2D eigenvalue weighted by molar-refractivity contribution is 0.414. The second-order valence-electron chi connectivity index (χ2n) is 4.01. The molecule has 0 bridgehead atoms. The van der Waals surface area contributed by atoms with E-state index < -0.39 is 0 Å². The SMILES string of the molecule is COc1ccc(CSC2CN=C(SC)NC2)cc1. The van der Waals surface area contributed by atoms with E-state index in [2.05, 4.69) is 28.7 Å². The first-order valence-electron chi connectivity index (χ1n) is 5.88. The van der Waals surface area contributed by atoms with Gasteiger partial charge in [-0.3, -0.25) is 4.99 Å². The van der Waals surface area contributed by atoms with Gasteiger partial charge in [-0.05, 0) is 24.0 Å². The van der Waals surface area contributed by atoms with Gasteiger partial charge in [-0.25, -0.2) is 0 Å². The predicted octanol–water partition coefficient (Wildman–Crippen LogP) is 2.62. The minimum Gasteiger partial charge on any atom is -0.497 e. The van der Waals surface area contributed by atoms with Crippen LogP contribution in [0.4, 0.5) is 0 Å². The third-order valence-electron chi connectivity index (χ3n) is 2.76. The van der Waals surface area contributed by atoms with E-state index in [1.807, 2.05) is 23.9 Å². The highest BCUT2D eigenvalue weighted by atomic mass is 32.2. The van der Waals surface area contributed by atoms with Crippen molar-refractivity contribution in [2.45, 2.75) is 11.0 Å². The first-order chi connectivity index (χ1) is 8.81. The normalized spacial score (nSPS) is 19.0. The van der Waals surface area contributed by atoms with Crippen molar-refractivity contribution in [1.29, 1.82) is 0 Å². The van der Waals surface area contributed by atoms with Gasteiger partial charge in [-0.2, -0.15) is 11.8 Å². The van der Waals surface area contributed by atoms with E-state index in [1.165, 1.54) is 5.56 Å². The zero-order valence-electron chi connectivity index (χ0n) is 10.7. The summed E-state index contributed by atoms with van der Waals surface area (Å²) in [6.45, 7) is 1.94. The molecule has 1 aliphatic rings. The van der Waals surface area contributed by atoms with Crippen molar-refractivity contribution in [3.63, 3.8) is 0 Å². The van der Waals surface area contributed by atoms with Crippen molar-refractivity contribution in [3.05, 3.63) is 29.8 Å². The van der Waals surface area contributed by atoms with E-state index in [0.717, 1.165) is 29.8 Å². The van der Waals surface area contributed by atoms with Gasteiger partial charge in [0, 0.05) is 17.5 Å². The summed E-state index contributed by atoms with van der Waals surface area (Å²) < 4.78 is 5.15. The van der Waals surface area contributed by atoms with Gasteiger partial charge < -0.3 is 10.1 Å². The van der Waals surface area contributed by atoms with Gasteiger partial charge in [0.05, 0.1) is 13.7 Å². The molecule has 0 saturated carbocycles. The highest BCUT2D eigenvalue weighted by molar-refractivity contribution is 8.13. The van der Waals surface area contributed by atoms with E-state index in [0.29, 0.717) is 5.25 Å². The molecule has 1 heterocycles. The molecule has 1 N–H and O–H groups in total. The maximum absolute atomic E-state index is 5.15. The van der Waals surface area contributed by atoms with Gasteiger partial charge in [0.1, 0.15) is 5.75 Å². The molecule has 0 aliphatic carbocycles. The first-order valence-corrected chi connectivity index (χ1v) is 8.16. The molecular formula is C13H18N2OS2. The van der Waals surface area contributed by atoms with Gasteiger partial charge in [0.2, 0.25) is 0 Å². The number of methoxy groups -OCH3 is 1. The molecule has 98 valence electrons. The Hall–Kier alpha value is -0.810. The molecule has 0 amide bonds. The Labute approximate surface area is 117 Å². The number of hydrogen-bond acceptors (Lipinski definition) is 5. The summed E-state index contributed by atoms with van der Waals surface area (Å²) >= 11 is 3.64. The number of ether oxygens (including phenoxy) is 1. The summed E-state index contributed by atoms with van der Waals surface area (Å²) in [7, 11) is 1.69. The molecule has 1 atom stereocenters. The number of hydrogen-bond donors (Lipinski definition) is 1. The van der Waals surface area contributed by atoms with Crippen molar-refractivity contribution in [2.24, 2.45) is 4.99 Å². The third kappa shape index (κ3) is 3.85. The van der Waals surface area contributed by atoms with E-state index in [1.54, 1.807) is 18.9 Å². The Morgan fingerprint density at radius 3 is 2.72 bits per heavy atom. The Kier molecular flexibility index (Phi) is 5.26. The summed E-state index contributed by atoms with van der Waals surface area (Å²) in [5.74, 6) is 1.94. The number of amidine groups is 1. The lowest BCUT2D eigenvalue weighted by Gasteiger charge is -2.21. The standard InChI is InChI=1S/C13H18N2OS2/c1-16-11-5-3-10(4-6-11)9-18-12-7-14-13(17-2)15-8-12/h3-6,12H,7-9H2,1-2H3,(H,14,15). The second kappa shape index (κ2) is 6.95. The lowest BCUT2D eigenvalue weighted by Crippen LogP contribution is -2.35. The molecule has 1 aromatic rings. The summed E-state index contributed by atoms with van der Waals surface area (Å²) in [5.41, 5.74) is 1.33. The van der Waals surface area contributed by atoms with Crippen LogP contribution in [0, 0.1) is 0 Å². The van der Waals surface area contributed by atoms with Gasteiger partial charge in [-0.1, -0.05) is 23.9 Å². The number of nitrogens with zero attached hydrogens (tertiary/aromatic N) is 1. The molecule has 0 spiro atoms. The number of rotatable bonds is 4. The third-order valence-corrected chi connectivity index (χ3v) is 4.70. The molecule has 3 nitrogen and oxygen atoms in total. The van der Waals surface area contributed by atoms with Crippen molar-refractivity contribution in [1.82, 2.24) is 5.32 Å². The van der Waals surface area contributed by atoms with Gasteiger partial charge in [-0.15, -0.1) is 0 Å². The van der Waals surface area contributed by atoms with Gasteiger partial charge in [0.25, 0.3) is 0 Å². The molecule has 0 aromatic heterocycles. The smallest absolute Gasteiger partial charge is 0.156 e. The molecule has 0 fully saturated rings. The molecule has 2 rings (SSSR count). The quantitative estimate of drug-likeness (QED) is 0.920. The Bertz CT molecular complexity index is 406. The van der Waals surface area contributed by atoms with Crippen molar-refractivity contribution >= 4 is 28.7 Å². The molecular weight excluding hydrogens is 264 g/mol. The number of aliphatic imine (C=N–C) groups is 1. The fraction of sp³-hybridized carbons (Fsp3) is 0.462. The van der Waals surface area contributed by atoms with Crippen LogP contribution in [0.25, 0.3) is 0 Å². The second-order valence-corrected chi connectivity index (χ2v) is 6.10. The maximum Gasteiger partial charge on any atom is 0.156 e. The van der Waals surface area contributed by atoms with E-state index in [9.17, 15) is 0 Å². The average Bonchev–Trinajstić information content (AvgIpc) is 2.46. The van der Waals surface area contributed by atoms with Crippen LogP contribution in [0.2, 0.25) is 0 Å². The van der Waals surface area contributed by atoms with Gasteiger partial charge >= 0.3 is 0 Å². The predicted molar refractivity (Wildman–Crippen MR) is 81.9 cm³/mol. The van der Waals surface area contributed by atoms with Crippen LogP contribution in [0.1, 0.15) is 5.56 Å². The number of benzene rings is 1. The van der Waals surface area contributed by atoms with Gasteiger partial charge in [0.15, 0.2) is 5.17 Å². The molecule has 18 heavy (non-hydrogen) atoms. The minimum atomic E-state index is 0.572. The van der Waals surface area contributed by atoms with E-state index in [4.69, 9.17) is 4.74 Å². The Morgan fingerprint density at radius 1 is 1.39 bits per heavy atom. The molecule has 0 saturated heterocycles. The Balaban J connectivity index is 1.79. The highest BCUT2D eigenvalue weighted by Crippen LogP contribution is 2.21. The fourth-order valence-corrected chi connectivity index (χ4v) is 3.12.